The van der Waals surface area contributed by atoms with Crippen molar-refractivity contribution < 1.29 is 18.0 Å². The summed E-state index contributed by atoms with van der Waals surface area (Å²) in [6.45, 7) is 1.65. The highest BCUT2D eigenvalue weighted by atomic mass is 35.5. The number of hydrogen-bond donors (Lipinski definition) is 1. The first-order valence-electron chi connectivity index (χ1n) is 11.8. The fourth-order valence-electron chi connectivity index (χ4n) is 3.93. The number of carbonyl (C=O) groups excluding carboxylic acids is 2. The molecular formula is C27H28Cl3N3O4S. The standard InChI is InChI=1S/C27H28Cl3N3O4S/c1-3-31-27(35)25(13-19-7-5-4-6-8-19)32(17-20-9-11-21(28)12-10-20)26(34)18-33(38(2,36)37)24-15-22(29)14-23(30)16-24/h4-12,14-16,25H,3,13,17-18H2,1-2H3,(H,31,35). The number of amides is 2. The molecule has 0 heterocycles. The number of carbonyl (C=O) groups is 2. The van der Waals surface area contributed by atoms with Crippen LogP contribution in [0.1, 0.15) is 18.1 Å². The Morgan fingerprint density at radius 2 is 1.47 bits per heavy atom. The van der Waals surface area contributed by atoms with E-state index in [9.17, 15) is 18.0 Å². The van der Waals surface area contributed by atoms with Crippen molar-refractivity contribution in [3.63, 3.8) is 0 Å². The summed E-state index contributed by atoms with van der Waals surface area (Å²) in [6, 6.07) is 19.6. The maximum Gasteiger partial charge on any atom is 0.244 e. The Bertz CT molecular complexity index is 1350. The third-order valence-corrected chi connectivity index (χ3v) is 7.53. The average Bonchev–Trinajstić information content (AvgIpc) is 2.85. The van der Waals surface area contributed by atoms with Crippen LogP contribution in [0.2, 0.25) is 15.1 Å². The zero-order valence-electron chi connectivity index (χ0n) is 20.9. The van der Waals surface area contributed by atoms with E-state index in [0.29, 0.717) is 11.6 Å². The van der Waals surface area contributed by atoms with Gasteiger partial charge in [-0.2, -0.15) is 0 Å². The van der Waals surface area contributed by atoms with Crippen LogP contribution < -0.4 is 9.62 Å². The lowest BCUT2D eigenvalue weighted by molar-refractivity contribution is -0.140. The molecule has 0 aromatic heterocycles. The summed E-state index contributed by atoms with van der Waals surface area (Å²) >= 11 is 18.3. The number of nitrogens with one attached hydrogen (secondary N) is 1. The minimum Gasteiger partial charge on any atom is -0.355 e. The van der Waals surface area contributed by atoms with Crippen molar-refractivity contribution in [2.45, 2.75) is 25.9 Å². The third kappa shape index (κ3) is 8.36. The van der Waals surface area contributed by atoms with E-state index in [4.69, 9.17) is 34.8 Å². The van der Waals surface area contributed by atoms with Crippen LogP contribution in [0.25, 0.3) is 0 Å². The normalized spacial score (nSPS) is 12.0. The maximum atomic E-state index is 13.9. The molecule has 1 atom stereocenters. The third-order valence-electron chi connectivity index (χ3n) is 5.70. The van der Waals surface area contributed by atoms with Crippen molar-refractivity contribution in [2.24, 2.45) is 0 Å². The van der Waals surface area contributed by atoms with E-state index in [1.807, 2.05) is 30.3 Å². The van der Waals surface area contributed by atoms with E-state index in [1.54, 1.807) is 31.2 Å². The highest BCUT2D eigenvalue weighted by Crippen LogP contribution is 2.27. The van der Waals surface area contributed by atoms with E-state index >= 15 is 0 Å². The van der Waals surface area contributed by atoms with Gasteiger partial charge in [-0.05, 0) is 48.4 Å². The van der Waals surface area contributed by atoms with E-state index in [2.05, 4.69) is 5.32 Å². The van der Waals surface area contributed by atoms with Crippen LogP contribution in [0.5, 0.6) is 0 Å². The van der Waals surface area contributed by atoms with Crippen LogP contribution in [0.15, 0.2) is 72.8 Å². The second kappa shape index (κ2) is 13.3. The van der Waals surface area contributed by atoms with Gasteiger partial charge in [0.05, 0.1) is 11.9 Å². The van der Waals surface area contributed by atoms with Gasteiger partial charge in [0.2, 0.25) is 21.8 Å². The lowest BCUT2D eigenvalue weighted by Gasteiger charge is -2.33. The van der Waals surface area contributed by atoms with Gasteiger partial charge in [-0.3, -0.25) is 13.9 Å². The molecule has 3 rings (SSSR count). The number of sulfonamides is 1. The Hall–Kier alpha value is -2.78. The molecule has 3 aromatic carbocycles. The first kappa shape index (κ1) is 29.8. The van der Waals surface area contributed by atoms with Crippen molar-refractivity contribution in [1.29, 1.82) is 0 Å². The Morgan fingerprint density at radius 1 is 0.868 bits per heavy atom. The fraction of sp³-hybridized carbons (Fsp3) is 0.259. The second-order valence-corrected chi connectivity index (χ2v) is 11.9. The summed E-state index contributed by atoms with van der Waals surface area (Å²) in [5.41, 5.74) is 1.71. The van der Waals surface area contributed by atoms with Gasteiger partial charge in [0.15, 0.2) is 0 Å². The van der Waals surface area contributed by atoms with Crippen molar-refractivity contribution in [3.05, 3.63) is 99.0 Å². The monoisotopic (exact) mass is 595 g/mol. The fourth-order valence-corrected chi connectivity index (χ4v) is 5.40. The number of hydrogen-bond acceptors (Lipinski definition) is 4. The average molecular weight is 597 g/mol. The molecule has 3 aromatic rings. The smallest absolute Gasteiger partial charge is 0.244 e. The van der Waals surface area contributed by atoms with Gasteiger partial charge in [0, 0.05) is 34.6 Å². The van der Waals surface area contributed by atoms with Crippen molar-refractivity contribution in [1.82, 2.24) is 10.2 Å². The molecule has 0 saturated carbocycles. The molecule has 0 radical (unpaired) electrons. The van der Waals surface area contributed by atoms with Gasteiger partial charge in [-0.25, -0.2) is 8.42 Å². The number of rotatable bonds is 11. The topological polar surface area (TPSA) is 86.8 Å². The van der Waals surface area contributed by atoms with Gasteiger partial charge >= 0.3 is 0 Å². The van der Waals surface area contributed by atoms with Crippen LogP contribution in [0.3, 0.4) is 0 Å². The molecule has 0 aliphatic rings. The van der Waals surface area contributed by atoms with E-state index < -0.39 is 28.5 Å². The Morgan fingerprint density at radius 3 is 2.03 bits per heavy atom. The Balaban J connectivity index is 2.05. The molecule has 0 fully saturated rings. The summed E-state index contributed by atoms with van der Waals surface area (Å²) in [5.74, 6) is -0.927. The van der Waals surface area contributed by atoms with E-state index in [-0.39, 0.29) is 34.6 Å². The van der Waals surface area contributed by atoms with Crippen molar-refractivity contribution in [3.8, 4) is 0 Å². The largest absolute Gasteiger partial charge is 0.355 e. The zero-order chi connectivity index (χ0) is 27.9. The van der Waals surface area contributed by atoms with E-state index in [0.717, 1.165) is 21.7 Å². The number of benzene rings is 3. The second-order valence-electron chi connectivity index (χ2n) is 8.65. The molecule has 0 bridgehead atoms. The molecule has 202 valence electrons. The van der Waals surface area contributed by atoms with Gasteiger partial charge in [-0.15, -0.1) is 0 Å². The lowest BCUT2D eigenvalue weighted by atomic mass is 10.0. The summed E-state index contributed by atoms with van der Waals surface area (Å²) < 4.78 is 26.5. The molecular weight excluding hydrogens is 569 g/mol. The molecule has 1 N–H and O–H groups in total. The Kier molecular flexibility index (Phi) is 10.4. The minimum atomic E-state index is -3.92. The predicted octanol–water partition coefficient (Wildman–Crippen LogP) is 5.19. The van der Waals surface area contributed by atoms with Gasteiger partial charge in [-0.1, -0.05) is 77.3 Å². The molecule has 0 aliphatic heterocycles. The summed E-state index contributed by atoms with van der Waals surface area (Å²) in [4.78, 5) is 28.6. The SMILES string of the molecule is CCNC(=O)C(Cc1ccccc1)N(Cc1ccc(Cl)cc1)C(=O)CN(c1cc(Cl)cc(Cl)c1)S(C)(=O)=O. The van der Waals surface area contributed by atoms with Crippen LogP contribution in [-0.4, -0.2) is 50.5 Å². The first-order valence-corrected chi connectivity index (χ1v) is 14.8. The summed E-state index contributed by atoms with van der Waals surface area (Å²) in [7, 11) is -3.92. The molecule has 1 unspecified atom stereocenters. The molecule has 0 spiro atoms. The number of likely N-dealkylation sites (N-methyl/N-ethyl adjacent to an activating group) is 1. The highest BCUT2D eigenvalue weighted by Gasteiger charge is 2.33. The summed E-state index contributed by atoms with van der Waals surface area (Å²) in [6.07, 6.45) is 1.22. The molecule has 0 saturated heterocycles. The quantitative estimate of drug-likeness (QED) is 0.330. The van der Waals surface area contributed by atoms with Crippen LogP contribution >= 0.6 is 34.8 Å². The molecule has 2 amide bonds. The minimum absolute atomic E-state index is 0.0541. The Labute approximate surface area is 238 Å². The van der Waals surface area contributed by atoms with Gasteiger partial charge in [0.25, 0.3) is 0 Å². The molecule has 38 heavy (non-hydrogen) atoms. The lowest BCUT2D eigenvalue weighted by Crippen LogP contribution is -2.53. The van der Waals surface area contributed by atoms with E-state index in [1.165, 1.54) is 23.1 Å². The van der Waals surface area contributed by atoms with Gasteiger partial charge < -0.3 is 10.2 Å². The van der Waals surface area contributed by atoms with Crippen molar-refractivity contribution in [2.75, 3.05) is 23.7 Å². The van der Waals surface area contributed by atoms with Crippen LogP contribution in [-0.2, 0) is 32.6 Å². The molecule has 11 heteroatoms. The number of halogens is 3. The molecule has 7 nitrogen and oxygen atoms in total. The van der Waals surface area contributed by atoms with Crippen molar-refractivity contribution >= 4 is 62.3 Å². The van der Waals surface area contributed by atoms with Crippen LogP contribution in [0, 0.1) is 0 Å². The number of nitrogens with zero attached hydrogens (tertiary/aromatic N) is 2. The molecule has 0 aliphatic carbocycles. The number of anilines is 1. The van der Waals surface area contributed by atoms with Crippen LogP contribution in [0.4, 0.5) is 5.69 Å². The first-order chi connectivity index (χ1) is 18.0. The summed E-state index contributed by atoms with van der Waals surface area (Å²) in [5, 5.41) is 3.77. The van der Waals surface area contributed by atoms with Gasteiger partial charge in [0.1, 0.15) is 12.6 Å². The highest BCUT2D eigenvalue weighted by molar-refractivity contribution is 7.92. The predicted molar refractivity (Wildman–Crippen MR) is 153 cm³/mol. The maximum absolute atomic E-state index is 13.9. The zero-order valence-corrected chi connectivity index (χ0v) is 24.0.